The molecule has 0 aliphatic rings. The largest absolute Gasteiger partial charge is 0.387 e. The smallest absolute Gasteiger partial charge is 0.270 e. The molecular weight excluding hydrogens is 360 g/mol. The lowest BCUT2D eigenvalue weighted by Crippen LogP contribution is -2.28. The van der Waals surface area contributed by atoms with Crippen molar-refractivity contribution < 1.29 is 14.8 Å². The minimum atomic E-state index is -0.808. The van der Waals surface area contributed by atoms with Crippen molar-refractivity contribution in [3.63, 3.8) is 0 Å². The summed E-state index contributed by atoms with van der Waals surface area (Å²) in [5, 5.41) is 26.8. The lowest BCUT2D eigenvalue weighted by Gasteiger charge is -2.11. The normalized spacial score (nSPS) is 11.9. The number of aliphatic hydroxyl groups is 1. The number of non-ortho nitro benzene ring substituents is 1. The van der Waals surface area contributed by atoms with E-state index in [1.54, 1.807) is 11.4 Å². The highest BCUT2D eigenvalue weighted by Gasteiger charge is 2.17. The van der Waals surface area contributed by atoms with Crippen LogP contribution in [0.2, 0.25) is 0 Å². The molecule has 6 nitrogen and oxygen atoms in total. The molecule has 2 N–H and O–H groups in total. The number of carbonyl (C=O) groups is 1. The Bertz CT molecular complexity index is 660. The summed E-state index contributed by atoms with van der Waals surface area (Å²) >= 11 is 4.63. The maximum Gasteiger partial charge on any atom is 0.270 e. The maximum absolute atomic E-state index is 12.0. The fraction of sp³-hybridized carbons (Fsp3) is 0.154. The fourth-order valence-corrected chi connectivity index (χ4v) is 2.80. The van der Waals surface area contributed by atoms with Crippen LogP contribution < -0.4 is 5.32 Å². The third-order valence-corrected chi connectivity index (χ3v) is 4.18. The van der Waals surface area contributed by atoms with E-state index in [1.165, 1.54) is 29.5 Å². The topological polar surface area (TPSA) is 92.5 Å². The van der Waals surface area contributed by atoms with E-state index in [-0.39, 0.29) is 17.8 Å². The zero-order chi connectivity index (χ0) is 15.4. The Hall–Kier alpha value is -1.77. The number of thiophene rings is 1. The number of nitro groups is 1. The zero-order valence-electron chi connectivity index (χ0n) is 10.7. The summed E-state index contributed by atoms with van der Waals surface area (Å²) in [6.07, 6.45) is -0.808. The molecule has 1 unspecified atom stereocenters. The van der Waals surface area contributed by atoms with Gasteiger partial charge in [0.05, 0.1) is 16.6 Å². The molecule has 0 spiro atoms. The number of nitrogens with zero attached hydrogens (tertiary/aromatic N) is 1. The van der Waals surface area contributed by atoms with Gasteiger partial charge in [0.15, 0.2) is 0 Å². The van der Waals surface area contributed by atoms with Crippen LogP contribution in [-0.2, 0) is 0 Å². The average molecular weight is 371 g/mol. The van der Waals surface area contributed by atoms with Crippen molar-refractivity contribution in [3.05, 3.63) is 60.7 Å². The lowest BCUT2D eigenvalue weighted by atomic mass is 10.1. The van der Waals surface area contributed by atoms with Crippen LogP contribution in [0.3, 0.4) is 0 Å². The molecule has 1 amide bonds. The van der Waals surface area contributed by atoms with Crippen molar-refractivity contribution in [2.45, 2.75) is 6.10 Å². The average Bonchev–Trinajstić information content (AvgIpc) is 2.98. The molecule has 0 bridgehead atoms. The van der Waals surface area contributed by atoms with Crippen molar-refractivity contribution in [2.75, 3.05) is 6.54 Å². The molecule has 1 aromatic carbocycles. The summed E-state index contributed by atoms with van der Waals surface area (Å²) in [4.78, 5) is 22.2. The molecule has 0 aliphatic heterocycles. The number of halogens is 1. The maximum atomic E-state index is 12.0. The van der Waals surface area contributed by atoms with Crippen LogP contribution in [0, 0.1) is 10.1 Å². The molecule has 21 heavy (non-hydrogen) atoms. The third kappa shape index (κ3) is 3.87. The van der Waals surface area contributed by atoms with Gasteiger partial charge < -0.3 is 10.4 Å². The summed E-state index contributed by atoms with van der Waals surface area (Å²) in [6, 6.07) is 5.71. The van der Waals surface area contributed by atoms with Crippen LogP contribution in [0.5, 0.6) is 0 Å². The minimum absolute atomic E-state index is 0.0324. The van der Waals surface area contributed by atoms with Gasteiger partial charge in [-0.1, -0.05) is 0 Å². The monoisotopic (exact) mass is 370 g/mol. The first kappa shape index (κ1) is 15.6. The molecule has 0 fully saturated rings. The molecule has 110 valence electrons. The van der Waals surface area contributed by atoms with Gasteiger partial charge in [0.1, 0.15) is 0 Å². The predicted octanol–water partition coefficient (Wildman–Crippen LogP) is 2.88. The predicted molar refractivity (Wildman–Crippen MR) is 82.4 cm³/mol. The quantitative estimate of drug-likeness (QED) is 0.625. The van der Waals surface area contributed by atoms with Crippen molar-refractivity contribution >= 4 is 38.9 Å². The standard InChI is InChI=1S/C13H11BrN2O4S/c14-11-2-1-9(16(19)20)5-10(11)13(18)15-6-12(17)8-3-4-21-7-8/h1-5,7,12,17H,6H2,(H,15,18). The number of aliphatic hydroxyl groups excluding tert-OH is 1. The number of hydrogen-bond donors (Lipinski definition) is 2. The molecule has 0 radical (unpaired) electrons. The van der Waals surface area contributed by atoms with Gasteiger partial charge in [-0.2, -0.15) is 11.3 Å². The summed E-state index contributed by atoms with van der Waals surface area (Å²) in [5.74, 6) is -0.486. The minimum Gasteiger partial charge on any atom is -0.387 e. The van der Waals surface area contributed by atoms with Crippen LogP contribution in [0.15, 0.2) is 39.5 Å². The number of nitrogens with one attached hydrogen (secondary N) is 1. The van der Waals surface area contributed by atoms with Crippen molar-refractivity contribution in [1.29, 1.82) is 0 Å². The number of rotatable bonds is 5. The van der Waals surface area contributed by atoms with E-state index in [1.807, 2.05) is 5.38 Å². The molecule has 2 rings (SSSR count). The van der Waals surface area contributed by atoms with E-state index < -0.39 is 16.9 Å². The first-order chi connectivity index (χ1) is 9.99. The SMILES string of the molecule is O=C(NCC(O)c1ccsc1)c1cc([N+](=O)[O-])ccc1Br. The number of nitro benzene ring substituents is 1. The van der Waals surface area contributed by atoms with Gasteiger partial charge in [-0.3, -0.25) is 14.9 Å². The van der Waals surface area contributed by atoms with Gasteiger partial charge in [0.2, 0.25) is 0 Å². The summed E-state index contributed by atoms with van der Waals surface area (Å²) in [6.45, 7) is 0.0324. The second kappa shape index (κ2) is 6.79. The number of benzene rings is 1. The van der Waals surface area contributed by atoms with Crippen molar-refractivity contribution in [3.8, 4) is 0 Å². The van der Waals surface area contributed by atoms with E-state index in [2.05, 4.69) is 21.2 Å². The molecular formula is C13H11BrN2O4S. The second-order valence-corrected chi connectivity index (χ2v) is 5.84. The summed E-state index contributed by atoms with van der Waals surface area (Å²) < 4.78 is 0.454. The second-order valence-electron chi connectivity index (χ2n) is 4.20. The number of carbonyl (C=O) groups excluding carboxylic acids is 1. The highest BCUT2D eigenvalue weighted by Crippen LogP contribution is 2.23. The highest BCUT2D eigenvalue weighted by atomic mass is 79.9. The van der Waals surface area contributed by atoms with Gasteiger partial charge in [0, 0.05) is 23.2 Å². The fourth-order valence-electron chi connectivity index (χ4n) is 1.67. The molecule has 2 aromatic rings. The Morgan fingerprint density at radius 3 is 2.86 bits per heavy atom. The van der Waals surface area contributed by atoms with E-state index in [0.29, 0.717) is 4.47 Å². The van der Waals surface area contributed by atoms with Crippen LogP contribution in [0.25, 0.3) is 0 Å². The van der Waals surface area contributed by atoms with E-state index in [0.717, 1.165) is 5.56 Å². The van der Waals surface area contributed by atoms with E-state index in [9.17, 15) is 20.0 Å². The van der Waals surface area contributed by atoms with E-state index in [4.69, 9.17) is 0 Å². The van der Waals surface area contributed by atoms with Crippen LogP contribution in [0.4, 0.5) is 5.69 Å². The van der Waals surface area contributed by atoms with Crippen LogP contribution >= 0.6 is 27.3 Å². The summed E-state index contributed by atoms with van der Waals surface area (Å²) in [5.41, 5.74) is 0.710. The van der Waals surface area contributed by atoms with Crippen molar-refractivity contribution in [2.24, 2.45) is 0 Å². The number of amides is 1. The molecule has 0 saturated carbocycles. The summed E-state index contributed by atoms with van der Waals surface area (Å²) in [7, 11) is 0. The van der Waals surface area contributed by atoms with Crippen LogP contribution in [-0.4, -0.2) is 22.5 Å². The Morgan fingerprint density at radius 2 is 2.24 bits per heavy atom. The Balaban J connectivity index is 2.06. The number of hydrogen-bond acceptors (Lipinski definition) is 5. The molecule has 0 aliphatic carbocycles. The Kier molecular flexibility index (Phi) is 5.05. The van der Waals surface area contributed by atoms with Crippen molar-refractivity contribution in [1.82, 2.24) is 5.32 Å². The van der Waals surface area contributed by atoms with Crippen LogP contribution in [0.1, 0.15) is 22.0 Å². The van der Waals surface area contributed by atoms with Gasteiger partial charge in [-0.25, -0.2) is 0 Å². The first-order valence-corrected chi connectivity index (χ1v) is 7.65. The van der Waals surface area contributed by atoms with E-state index >= 15 is 0 Å². The molecule has 1 atom stereocenters. The molecule has 1 heterocycles. The van der Waals surface area contributed by atoms with Gasteiger partial charge in [0.25, 0.3) is 11.6 Å². The molecule has 0 saturated heterocycles. The Labute approximate surface area is 132 Å². The third-order valence-electron chi connectivity index (χ3n) is 2.79. The molecule has 8 heteroatoms. The zero-order valence-corrected chi connectivity index (χ0v) is 13.1. The first-order valence-electron chi connectivity index (χ1n) is 5.91. The molecule has 1 aromatic heterocycles. The van der Waals surface area contributed by atoms with Gasteiger partial charge >= 0.3 is 0 Å². The Morgan fingerprint density at radius 1 is 1.48 bits per heavy atom. The van der Waals surface area contributed by atoms with Gasteiger partial charge in [-0.15, -0.1) is 0 Å². The lowest BCUT2D eigenvalue weighted by molar-refractivity contribution is -0.384. The van der Waals surface area contributed by atoms with Gasteiger partial charge in [-0.05, 0) is 44.4 Å². The highest BCUT2D eigenvalue weighted by molar-refractivity contribution is 9.10.